The minimum Gasteiger partial charge on any atom is -0.482 e. The van der Waals surface area contributed by atoms with Crippen molar-refractivity contribution in [1.29, 1.82) is 0 Å². The van der Waals surface area contributed by atoms with Crippen LogP contribution in [0.4, 0.5) is 0 Å². The average Bonchev–Trinajstić information content (AvgIpc) is 2.39. The topological polar surface area (TPSA) is 59.7 Å². The molecule has 0 bridgehead atoms. The molecular weight excluding hydrogens is 256 g/mol. The SMILES string of the molecule is O=c1cc(CO)occ1OCc1ccc(Cl)cc1. The summed E-state index contributed by atoms with van der Waals surface area (Å²) < 4.78 is 10.3. The quantitative estimate of drug-likeness (QED) is 0.923. The lowest BCUT2D eigenvalue weighted by Gasteiger charge is -2.05. The Kier molecular flexibility index (Phi) is 4.02. The van der Waals surface area contributed by atoms with E-state index in [0.29, 0.717) is 5.02 Å². The lowest BCUT2D eigenvalue weighted by atomic mass is 10.2. The van der Waals surface area contributed by atoms with Gasteiger partial charge in [-0.25, -0.2) is 0 Å². The Morgan fingerprint density at radius 3 is 2.61 bits per heavy atom. The Bertz CT molecular complexity index is 574. The Labute approximate surface area is 108 Å². The zero-order chi connectivity index (χ0) is 13.0. The van der Waals surface area contributed by atoms with E-state index in [1.54, 1.807) is 12.1 Å². The second-order valence-corrected chi connectivity index (χ2v) is 4.08. The van der Waals surface area contributed by atoms with Gasteiger partial charge < -0.3 is 14.3 Å². The number of ether oxygens (including phenoxy) is 1. The summed E-state index contributed by atoms with van der Waals surface area (Å²) in [7, 11) is 0. The van der Waals surface area contributed by atoms with E-state index >= 15 is 0 Å². The zero-order valence-corrected chi connectivity index (χ0v) is 10.2. The zero-order valence-electron chi connectivity index (χ0n) is 9.43. The normalized spacial score (nSPS) is 10.3. The molecule has 0 saturated carbocycles. The van der Waals surface area contributed by atoms with E-state index in [-0.39, 0.29) is 30.2 Å². The molecule has 1 aromatic heterocycles. The lowest BCUT2D eigenvalue weighted by molar-refractivity contribution is 0.236. The summed E-state index contributed by atoms with van der Waals surface area (Å²) in [5.41, 5.74) is 0.573. The predicted molar refractivity (Wildman–Crippen MR) is 66.7 cm³/mol. The summed E-state index contributed by atoms with van der Waals surface area (Å²) >= 11 is 5.76. The van der Waals surface area contributed by atoms with Gasteiger partial charge in [-0.1, -0.05) is 23.7 Å². The fourth-order valence-electron chi connectivity index (χ4n) is 1.37. The first-order valence-electron chi connectivity index (χ1n) is 5.29. The molecule has 2 aromatic rings. The van der Waals surface area contributed by atoms with E-state index in [0.717, 1.165) is 5.56 Å². The van der Waals surface area contributed by atoms with Gasteiger partial charge in [0.2, 0.25) is 11.2 Å². The Morgan fingerprint density at radius 2 is 2.00 bits per heavy atom. The van der Waals surface area contributed by atoms with Crippen LogP contribution in [0.3, 0.4) is 0 Å². The maximum absolute atomic E-state index is 11.6. The van der Waals surface area contributed by atoms with E-state index < -0.39 is 0 Å². The molecule has 1 heterocycles. The van der Waals surface area contributed by atoms with Crippen LogP contribution in [0.5, 0.6) is 5.75 Å². The molecule has 4 nitrogen and oxygen atoms in total. The molecule has 94 valence electrons. The van der Waals surface area contributed by atoms with Gasteiger partial charge in [0.25, 0.3) is 0 Å². The van der Waals surface area contributed by atoms with Crippen molar-refractivity contribution in [2.45, 2.75) is 13.2 Å². The first kappa shape index (κ1) is 12.7. The van der Waals surface area contributed by atoms with Gasteiger partial charge in [0.1, 0.15) is 25.2 Å². The van der Waals surface area contributed by atoms with Crippen LogP contribution in [-0.4, -0.2) is 5.11 Å². The number of aliphatic hydroxyl groups excluding tert-OH is 1. The summed E-state index contributed by atoms with van der Waals surface area (Å²) in [5.74, 6) is 0.320. The van der Waals surface area contributed by atoms with Crippen molar-refractivity contribution in [3.05, 3.63) is 63.2 Å². The highest BCUT2D eigenvalue weighted by Crippen LogP contribution is 2.12. The van der Waals surface area contributed by atoms with Crippen molar-refractivity contribution >= 4 is 11.6 Å². The fraction of sp³-hybridized carbons (Fsp3) is 0.154. The standard InChI is InChI=1S/C13H11ClO4/c14-10-3-1-9(2-4-10)7-18-13-8-17-11(6-15)5-12(13)16/h1-5,8,15H,6-7H2. The molecule has 1 aromatic carbocycles. The number of hydrogen-bond acceptors (Lipinski definition) is 4. The van der Waals surface area contributed by atoms with Crippen molar-refractivity contribution in [3.8, 4) is 5.75 Å². The van der Waals surface area contributed by atoms with Gasteiger partial charge in [0, 0.05) is 11.1 Å². The minimum absolute atomic E-state index is 0.113. The molecule has 0 unspecified atom stereocenters. The molecular formula is C13H11ClO4. The van der Waals surface area contributed by atoms with Crippen LogP contribution in [0.1, 0.15) is 11.3 Å². The summed E-state index contributed by atoms with van der Waals surface area (Å²) in [6.07, 6.45) is 1.20. The smallest absolute Gasteiger partial charge is 0.227 e. The minimum atomic E-state index is -0.320. The van der Waals surface area contributed by atoms with E-state index in [2.05, 4.69) is 0 Å². The highest BCUT2D eigenvalue weighted by molar-refractivity contribution is 6.30. The summed E-state index contributed by atoms with van der Waals surface area (Å²) in [6, 6.07) is 8.32. The fourth-order valence-corrected chi connectivity index (χ4v) is 1.49. The Morgan fingerprint density at radius 1 is 1.28 bits per heavy atom. The van der Waals surface area contributed by atoms with Gasteiger partial charge in [-0.3, -0.25) is 4.79 Å². The van der Waals surface area contributed by atoms with Crippen LogP contribution in [-0.2, 0) is 13.2 Å². The van der Waals surface area contributed by atoms with Crippen molar-refractivity contribution < 1.29 is 14.3 Å². The number of benzene rings is 1. The molecule has 0 fully saturated rings. The van der Waals surface area contributed by atoms with Crippen molar-refractivity contribution in [3.63, 3.8) is 0 Å². The Balaban J connectivity index is 2.06. The van der Waals surface area contributed by atoms with Crippen LogP contribution >= 0.6 is 11.6 Å². The molecule has 0 atom stereocenters. The molecule has 0 saturated heterocycles. The third-order valence-corrected chi connectivity index (χ3v) is 2.57. The molecule has 2 rings (SSSR count). The van der Waals surface area contributed by atoms with Gasteiger partial charge in [-0.2, -0.15) is 0 Å². The van der Waals surface area contributed by atoms with Gasteiger partial charge in [-0.15, -0.1) is 0 Å². The van der Waals surface area contributed by atoms with E-state index in [1.807, 2.05) is 12.1 Å². The number of aliphatic hydroxyl groups is 1. The van der Waals surface area contributed by atoms with Gasteiger partial charge >= 0.3 is 0 Å². The van der Waals surface area contributed by atoms with E-state index in [9.17, 15) is 4.79 Å². The van der Waals surface area contributed by atoms with Crippen LogP contribution < -0.4 is 10.2 Å². The van der Waals surface area contributed by atoms with Gasteiger partial charge in [-0.05, 0) is 17.7 Å². The number of rotatable bonds is 4. The third-order valence-electron chi connectivity index (χ3n) is 2.32. The highest BCUT2D eigenvalue weighted by atomic mass is 35.5. The molecule has 0 radical (unpaired) electrons. The van der Waals surface area contributed by atoms with Gasteiger partial charge in [0.05, 0.1) is 0 Å². The summed E-state index contributed by atoms with van der Waals surface area (Å²) in [6.45, 7) is -0.0624. The lowest BCUT2D eigenvalue weighted by Crippen LogP contribution is -2.07. The van der Waals surface area contributed by atoms with Crippen molar-refractivity contribution in [2.24, 2.45) is 0 Å². The number of hydrogen-bond donors (Lipinski definition) is 1. The van der Waals surface area contributed by atoms with Crippen LogP contribution in [0.15, 0.2) is 45.8 Å². The van der Waals surface area contributed by atoms with Crippen LogP contribution in [0, 0.1) is 0 Å². The van der Waals surface area contributed by atoms with E-state index in [1.165, 1.54) is 12.3 Å². The maximum Gasteiger partial charge on any atom is 0.227 e. The molecule has 0 aliphatic rings. The third kappa shape index (κ3) is 3.12. The van der Waals surface area contributed by atoms with Crippen LogP contribution in [0.25, 0.3) is 0 Å². The van der Waals surface area contributed by atoms with Crippen molar-refractivity contribution in [2.75, 3.05) is 0 Å². The molecule has 0 aliphatic heterocycles. The first-order valence-corrected chi connectivity index (χ1v) is 5.66. The summed E-state index contributed by atoms with van der Waals surface area (Å²) in [5, 5.41) is 9.44. The second-order valence-electron chi connectivity index (χ2n) is 3.65. The molecule has 0 aliphatic carbocycles. The predicted octanol–water partition coefficient (Wildman–Crippen LogP) is 2.36. The molecule has 0 spiro atoms. The molecule has 18 heavy (non-hydrogen) atoms. The number of halogens is 1. The second kappa shape index (κ2) is 5.71. The Hall–Kier alpha value is -1.78. The monoisotopic (exact) mass is 266 g/mol. The molecule has 5 heteroatoms. The molecule has 0 amide bonds. The highest BCUT2D eigenvalue weighted by Gasteiger charge is 2.04. The average molecular weight is 267 g/mol. The largest absolute Gasteiger partial charge is 0.482 e. The maximum atomic E-state index is 11.6. The van der Waals surface area contributed by atoms with Gasteiger partial charge in [0.15, 0.2) is 0 Å². The van der Waals surface area contributed by atoms with E-state index in [4.69, 9.17) is 25.9 Å². The van der Waals surface area contributed by atoms with Crippen LogP contribution in [0.2, 0.25) is 5.02 Å². The first-order chi connectivity index (χ1) is 8.69. The molecule has 1 N–H and O–H groups in total. The summed E-state index contributed by atoms with van der Waals surface area (Å²) in [4.78, 5) is 11.6. The van der Waals surface area contributed by atoms with Crippen molar-refractivity contribution in [1.82, 2.24) is 0 Å².